The van der Waals surface area contributed by atoms with Gasteiger partial charge in [-0.15, -0.1) is 0 Å². The fourth-order valence-corrected chi connectivity index (χ4v) is 4.03. The van der Waals surface area contributed by atoms with Crippen molar-refractivity contribution in [2.45, 2.75) is 48.9 Å². The fraction of sp³-hybridized carbons (Fsp3) is 0.364. The Balaban J connectivity index is 1.62. The number of carbonyl (C=O) groups is 2. The first-order valence-electron chi connectivity index (χ1n) is 9.85. The first-order valence-corrected chi connectivity index (χ1v) is 9.85. The summed E-state index contributed by atoms with van der Waals surface area (Å²) in [6.45, 7) is 0. The van der Waals surface area contributed by atoms with E-state index in [0.29, 0.717) is 0 Å². The number of hydrogen-bond acceptors (Lipinski definition) is 4. The van der Waals surface area contributed by atoms with Gasteiger partial charge < -0.3 is 15.2 Å². The smallest absolute Gasteiger partial charge is 0.426 e. The van der Waals surface area contributed by atoms with E-state index in [4.69, 9.17) is 4.74 Å². The van der Waals surface area contributed by atoms with Gasteiger partial charge in [0.15, 0.2) is 0 Å². The largest absolute Gasteiger partial charge is 0.434 e. The number of cyclic esters (lactones) is 1. The van der Waals surface area contributed by atoms with Crippen LogP contribution >= 0.6 is 0 Å². The van der Waals surface area contributed by atoms with Crippen LogP contribution in [0.3, 0.4) is 0 Å². The fourth-order valence-electron chi connectivity index (χ4n) is 4.03. The molecule has 11 heteroatoms. The maximum absolute atomic E-state index is 13.9. The molecule has 1 fully saturated rings. The Bertz CT molecular complexity index is 1110. The number of alkyl halides is 6. The third-order valence-electron chi connectivity index (χ3n) is 6.04. The van der Waals surface area contributed by atoms with E-state index in [9.17, 15) is 41.0 Å². The molecule has 1 aliphatic carbocycles. The van der Waals surface area contributed by atoms with Crippen molar-refractivity contribution in [3.8, 4) is 0 Å². The monoisotopic (exact) mass is 473 g/mol. The molecule has 1 amide bonds. The van der Waals surface area contributed by atoms with Crippen molar-refractivity contribution in [3.05, 3.63) is 70.8 Å². The summed E-state index contributed by atoms with van der Waals surface area (Å²) >= 11 is 0. The molecule has 0 saturated heterocycles. The second-order valence-corrected chi connectivity index (χ2v) is 8.24. The summed E-state index contributed by atoms with van der Waals surface area (Å²) in [5, 5.41) is 12.5. The maximum atomic E-state index is 13.9. The van der Waals surface area contributed by atoms with E-state index in [1.165, 1.54) is 30.3 Å². The first kappa shape index (κ1) is 23.1. The van der Waals surface area contributed by atoms with Crippen molar-refractivity contribution < 1.29 is 45.8 Å². The third kappa shape index (κ3) is 4.05. The SMILES string of the molecule is O=C1O[C@H](NC(=O)C(O)(CC2(c3cccc(C(F)(F)F)c3)CC2)C(F)(F)F)c2ccccc21. The first-order chi connectivity index (χ1) is 15.3. The number of ether oxygens (including phenoxy) is 1. The summed E-state index contributed by atoms with van der Waals surface area (Å²) in [5.74, 6) is -2.71. The lowest BCUT2D eigenvalue weighted by atomic mass is 9.81. The highest BCUT2D eigenvalue weighted by atomic mass is 19.4. The summed E-state index contributed by atoms with van der Waals surface area (Å²) in [5.41, 5.74) is -6.30. The second-order valence-electron chi connectivity index (χ2n) is 8.24. The summed E-state index contributed by atoms with van der Waals surface area (Å²) in [7, 11) is 0. The molecule has 1 heterocycles. The van der Waals surface area contributed by atoms with Gasteiger partial charge in [0.25, 0.3) is 5.91 Å². The van der Waals surface area contributed by atoms with Gasteiger partial charge in [-0.25, -0.2) is 4.79 Å². The van der Waals surface area contributed by atoms with Crippen LogP contribution in [-0.4, -0.2) is 28.8 Å². The van der Waals surface area contributed by atoms with E-state index in [2.05, 4.69) is 0 Å². The van der Waals surface area contributed by atoms with Crippen LogP contribution in [0.15, 0.2) is 48.5 Å². The molecule has 0 radical (unpaired) electrons. The Hall–Kier alpha value is -3.08. The van der Waals surface area contributed by atoms with Crippen LogP contribution in [0.25, 0.3) is 0 Å². The number of benzene rings is 2. The topological polar surface area (TPSA) is 75.6 Å². The van der Waals surface area contributed by atoms with Crippen molar-refractivity contribution in [3.63, 3.8) is 0 Å². The number of carbonyl (C=O) groups excluding carboxylic acids is 2. The van der Waals surface area contributed by atoms with Gasteiger partial charge in [0.1, 0.15) is 0 Å². The lowest BCUT2D eigenvalue weighted by Gasteiger charge is -2.33. The molecule has 5 nitrogen and oxygen atoms in total. The molecule has 4 rings (SSSR count). The highest BCUT2D eigenvalue weighted by molar-refractivity contribution is 5.95. The Morgan fingerprint density at radius 3 is 2.33 bits per heavy atom. The minimum atomic E-state index is -5.45. The van der Waals surface area contributed by atoms with Gasteiger partial charge in [-0.1, -0.05) is 36.4 Å². The van der Waals surface area contributed by atoms with E-state index >= 15 is 0 Å². The highest BCUT2D eigenvalue weighted by Gasteiger charge is 2.65. The van der Waals surface area contributed by atoms with Crippen LogP contribution in [0, 0.1) is 0 Å². The second kappa shape index (κ2) is 7.47. The van der Waals surface area contributed by atoms with E-state index in [-0.39, 0.29) is 29.5 Å². The quantitative estimate of drug-likeness (QED) is 0.499. The van der Waals surface area contributed by atoms with Gasteiger partial charge in [0.05, 0.1) is 11.1 Å². The Morgan fingerprint density at radius 2 is 1.73 bits per heavy atom. The van der Waals surface area contributed by atoms with Crippen molar-refractivity contribution in [1.82, 2.24) is 5.32 Å². The zero-order chi connectivity index (χ0) is 24.2. The lowest BCUT2D eigenvalue weighted by Crippen LogP contribution is -2.59. The Morgan fingerprint density at radius 1 is 1.06 bits per heavy atom. The molecule has 2 N–H and O–H groups in total. The molecule has 2 atom stereocenters. The van der Waals surface area contributed by atoms with Crippen molar-refractivity contribution >= 4 is 11.9 Å². The van der Waals surface area contributed by atoms with Crippen LogP contribution < -0.4 is 5.32 Å². The summed E-state index contributed by atoms with van der Waals surface area (Å²) in [6, 6.07) is 9.57. The van der Waals surface area contributed by atoms with E-state index in [1.54, 1.807) is 0 Å². The van der Waals surface area contributed by atoms with Crippen LogP contribution in [-0.2, 0) is 21.1 Å². The molecule has 1 saturated carbocycles. The van der Waals surface area contributed by atoms with Gasteiger partial charge in [-0.2, -0.15) is 26.3 Å². The summed E-state index contributed by atoms with van der Waals surface area (Å²) < 4.78 is 86.0. The number of aliphatic hydroxyl groups is 1. The van der Waals surface area contributed by atoms with E-state index in [1.807, 2.05) is 5.32 Å². The van der Waals surface area contributed by atoms with Crippen LogP contribution in [0.1, 0.15) is 52.5 Å². The summed E-state index contributed by atoms with van der Waals surface area (Å²) in [4.78, 5) is 24.6. The minimum absolute atomic E-state index is 0.0505. The van der Waals surface area contributed by atoms with Crippen molar-refractivity contribution in [2.24, 2.45) is 0 Å². The van der Waals surface area contributed by atoms with Gasteiger partial charge in [0.2, 0.25) is 11.8 Å². The van der Waals surface area contributed by atoms with Gasteiger partial charge in [0, 0.05) is 12.0 Å². The average molecular weight is 473 g/mol. The number of rotatable bonds is 5. The van der Waals surface area contributed by atoms with E-state index < -0.39 is 53.5 Å². The lowest BCUT2D eigenvalue weighted by molar-refractivity contribution is -0.256. The molecule has 176 valence electrons. The predicted octanol–water partition coefficient (Wildman–Crippen LogP) is 4.41. The van der Waals surface area contributed by atoms with Crippen molar-refractivity contribution in [2.75, 3.05) is 0 Å². The number of amides is 1. The molecule has 1 unspecified atom stereocenters. The van der Waals surface area contributed by atoms with Crippen LogP contribution in [0.5, 0.6) is 0 Å². The zero-order valence-electron chi connectivity index (χ0n) is 16.8. The van der Waals surface area contributed by atoms with Gasteiger partial charge in [-0.3, -0.25) is 4.79 Å². The van der Waals surface area contributed by atoms with Gasteiger partial charge >= 0.3 is 18.3 Å². The molecule has 2 aromatic rings. The van der Waals surface area contributed by atoms with Crippen LogP contribution in [0.2, 0.25) is 0 Å². The number of nitrogens with one attached hydrogen (secondary N) is 1. The maximum Gasteiger partial charge on any atom is 0.426 e. The molecule has 33 heavy (non-hydrogen) atoms. The predicted molar refractivity (Wildman–Crippen MR) is 101 cm³/mol. The normalized spacial score (nSPS) is 21.1. The molecule has 0 aromatic heterocycles. The molecular formula is C22H17F6NO4. The Labute approximate surface area is 183 Å². The average Bonchev–Trinajstić information content (AvgIpc) is 3.45. The minimum Gasteiger partial charge on any atom is -0.434 e. The molecule has 2 aromatic carbocycles. The molecule has 0 bridgehead atoms. The standard InChI is InChI=1S/C22H17F6NO4/c23-21(24,25)13-5-3-4-12(10-13)19(8-9-19)11-20(32,22(26,27)28)18(31)29-16-14-6-1-2-7-15(14)17(30)33-16/h1-7,10,16,32H,8-9,11H2,(H,29,31)/t16-,20?/m0/s1. The van der Waals surface area contributed by atoms with E-state index in [0.717, 1.165) is 18.2 Å². The molecule has 0 spiro atoms. The number of hydrogen-bond donors (Lipinski definition) is 2. The molecular weight excluding hydrogens is 456 g/mol. The third-order valence-corrected chi connectivity index (χ3v) is 6.04. The number of halogens is 6. The number of esters is 1. The molecule has 2 aliphatic rings. The van der Waals surface area contributed by atoms with Crippen molar-refractivity contribution in [1.29, 1.82) is 0 Å². The summed E-state index contributed by atoms with van der Waals surface area (Å²) in [6.07, 6.45) is -12.8. The zero-order valence-corrected chi connectivity index (χ0v) is 16.8. The highest BCUT2D eigenvalue weighted by Crippen LogP contribution is 2.56. The van der Waals surface area contributed by atoms with Gasteiger partial charge in [-0.05, 0) is 36.0 Å². The molecule has 1 aliphatic heterocycles. The number of fused-ring (bicyclic) bond motifs is 1. The Kier molecular flexibility index (Phi) is 5.23. The van der Waals surface area contributed by atoms with Crippen LogP contribution in [0.4, 0.5) is 26.3 Å².